The van der Waals surface area contributed by atoms with Crippen molar-refractivity contribution in [3.63, 3.8) is 0 Å². The number of aromatic nitrogens is 6. The van der Waals surface area contributed by atoms with E-state index in [0.29, 0.717) is 5.65 Å². The molecular formula is C19H21N7O. The fraction of sp³-hybridized carbons (Fsp3) is 0.263. The van der Waals surface area contributed by atoms with Gasteiger partial charge in [-0.05, 0) is 44.2 Å². The van der Waals surface area contributed by atoms with Gasteiger partial charge in [0.2, 0.25) is 5.65 Å². The topological polar surface area (TPSA) is 82.2 Å². The van der Waals surface area contributed by atoms with E-state index in [9.17, 15) is 0 Å². The molecule has 4 aromatic rings. The van der Waals surface area contributed by atoms with Crippen LogP contribution in [0.3, 0.4) is 0 Å². The van der Waals surface area contributed by atoms with Crippen molar-refractivity contribution in [1.29, 1.82) is 0 Å². The molecular weight excluding hydrogens is 342 g/mol. The van der Waals surface area contributed by atoms with Gasteiger partial charge in [-0.2, -0.15) is 9.61 Å². The number of hydrogen-bond donors (Lipinski definition) is 1. The van der Waals surface area contributed by atoms with Crippen molar-refractivity contribution >= 4 is 11.3 Å². The van der Waals surface area contributed by atoms with Gasteiger partial charge in [0.25, 0.3) is 0 Å². The summed E-state index contributed by atoms with van der Waals surface area (Å²) in [6.07, 6.45) is 3.48. The quantitative estimate of drug-likeness (QED) is 0.567. The number of fused-ring (bicyclic) bond motifs is 1. The molecule has 27 heavy (non-hydrogen) atoms. The van der Waals surface area contributed by atoms with Crippen LogP contribution in [0.4, 0.5) is 5.69 Å². The second kappa shape index (κ2) is 7.06. The van der Waals surface area contributed by atoms with E-state index < -0.39 is 0 Å². The number of anilines is 1. The Kier molecular flexibility index (Phi) is 4.45. The minimum atomic E-state index is 0.700. The van der Waals surface area contributed by atoms with Crippen LogP contribution in [0.15, 0.2) is 43.0 Å². The standard InChI is InChI=1S/C19H21N7O/c1-13-14(2)25(11-21-13)9-8-20-18-10-17(24-26-12-22-23-19(18)26)15-4-6-16(27-3)7-5-15/h4-7,10-12,20H,8-9H2,1-3H3. The van der Waals surface area contributed by atoms with Gasteiger partial charge in [0.15, 0.2) is 0 Å². The van der Waals surface area contributed by atoms with Crippen molar-refractivity contribution in [1.82, 2.24) is 29.4 Å². The maximum atomic E-state index is 5.23. The Morgan fingerprint density at radius 2 is 1.93 bits per heavy atom. The fourth-order valence-electron chi connectivity index (χ4n) is 2.94. The highest BCUT2D eigenvalue weighted by atomic mass is 16.5. The predicted molar refractivity (Wildman–Crippen MR) is 103 cm³/mol. The first kappa shape index (κ1) is 17.0. The molecule has 0 aliphatic rings. The summed E-state index contributed by atoms with van der Waals surface area (Å²) in [6.45, 7) is 5.65. The van der Waals surface area contributed by atoms with E-state index >= 15 is 0 Å². The molecule has 3 heterocycles. The van der Waals surface area contributed by atoms with E-state index in [-0.39, 0.29) is 0 Å². The Bertz CT molecular complexity index is 1070. The molecule has 0 amide bonds. The molecule has 0 aliphatic heterocycles. The fourth-order valence-corrected chi connectivity index (χ4v) is 2.94. The normalized spacial score (nSPS) is 11.1. The Labute approximate surface area is 156 Å². The van der Waals surface area contributed by atoms with Crippen molar-refractivity contribution in [2.45, 2.75) is 20.4 Å². The molecule has 0 atom stereocenters. The Balaban J connectivity index is 1.59. The molecule has 3 aromatic heterocycles. The molecule has 0 saturated carbocycles. The number of imidazole rings is 1. The van der Waals surface area contributed by atoms with Gasteiger partial charge in [-0.15, -0.1) is 10.2 Å². The molecule has 1 N–H and O–H groups in total. The van der Waals surface area contributed by atoms with Gasteiger partial charge in [-0.1, -0.05) is 0 Å². The van der Waals surface area contributed by atoms with Crippen LogP contribution in [0.2, 0.25) is 0 Å². The summed E-state index contributed by atoms with van der Waals surface area (Å²) in [5, 5.41) is 16.2. The third-order valence-corrected chi connectivity index (χ3v) is 4.67. The number of benzene rings is 1. The lowest BCUT2D eigenvalue weighted by Gasteiger charge is -2.11. The van der Waals surface area contributed by atoms with Crippen LogP contribution in [-0.4, -0.2) is 43.0 Å². The predicted octanol–water partition coefficient (Wildman–Crippen LogP) is 2.73. The number of methoxy groups -OCH3 is 1. The molecule has 138 valence electrons. The third kappa shape index (κ3) is 3.33. The molecule has 0 radical (unpaired) electrons. The highest BCUT2D eigenvalue weighted by Gasteiger charge is 2.10. The van der Waals surface area contributed by atoms with Crippen LogP contribution in [0.5, 0.6) is 5.75 Å². The average molecular weight is 363 g/mol. The van der Waals surface area contributed by atoms with Gasteiger partial charge >= 0.3 is 0 Å². The molecule has 0 spiro atoms. The second-order valence-electron chi connectivity index (χ2n) is 6.31. The number of hydrogen-bond acceptors (Lipinski definition) is 6. The Morgan fingerprint density at radius 3 is 2.63 bits per heavy atom. The number of aryl methyl sites for hydroxylation is 1. The number of nitrogens with zero attached hydrogens (tertiary/aromatic N) is 6. The molecule has 8 nitrogen and oxygen atoms in total. The molecule has 0 bridgehead atoms. The lowest BCUT2D eigenvalue weighted by molar-refractivity contribution is 0.415. The number of ether oxygens (including phenoxy) is 1. The molecule has 0 fully saturated rings. The van der Waals surface area contributed by atoms with Crippen LogP contribution >= 0.6 is 0 Å². The summed E-state index contributed by atoms with van der Waals surface area (Å²) in [4.78, 5) is 4.34. The minimum absolute atomic E-state index is 0.700. The van der Waals surface area contributed by atoms with Gasteiger partial charge in [-0.25, -0.2) is 4.98 Å². The van der Waals surface area contributed by atoms with Crippen molar-refractivity contribution in [3.05, 3.63) is 54.4 Å². The largest absolute Gasteiger partial charge is 0.497 e. The lowest BCUT2D eigenvalue weighted by atomic mass is 10.1. The first-order valence-electron chi connectivity index (χ1n) is 8.73. The van der Waals surface area contributed by atoms with Crippen molar-refractivity contribution in [2.24, 2.45) is 0 Å². The van der Waals surface area contributed by atoms with Gasteiger partial charge in [-0.3, -0.25) is 0 Å². The van der Waals surface area contributed by atoms with E-state index in [0.717, 1.165) is 41.5 Å². The van der Waals surface area contributed by atoms with E-state index in [1.807, 2.05) is 43.6 Å². The lowest BCUT2D eigenvalue weighted by Crippen LogP contribution is -2.12. The van der Waals surface area contributed by atoms with Gasteiger partial charge in [0, 0.05) is 24.3 Å². The average Bonchev–Trinajstić information content (AvgIpc) is 3.30. The summed E-state index contributed by atoms with van der Waals surface area (Å²) < 4.78 is 9.05. The number of rotatable bonds is 6. The van der Waals surface area contributed by atoms with E-state index in [1.165, 1.54) is 5.69 Å². The number of nitrogens with one attached hydrogen (secondary N) is 1. The molecule has 0 saturated heterocycles. The van der Waals surface area contributed by atoms with Crippen LogP contribution in [0.25, 0.3) is 16.9 Å². The van der Waals surface area contributed by atoms with Crippen LogP contribution in [0, 0.1) is 13.8 Å². The van der Waals surface area contributed by atoms with Gasteiger partial charge in [0.1, 0.15) is 12.1 Å². The first-order valence-corrected chi connectivity index (χ1v) is 8.73. The van der Waals surface area contributed by atoms with Gasteiger partial charge < -0.3 is 14.6 Å². The molecule has 0 unspecified atom stereocenters. The van der Waals surface area contributed by atoms with E-state index in [4.69, 9.17) is 4.74 Å². The molecule has 4 rings (SSSR count). The molecule has 8 heteroatoms. The second-order valence-corrected chi connectivity index (χ2v) is 6.31. The third-order valence-electron chi connectivity index (χ3n) is 4.67. The summed E-state index contributed by atoms with van der Waals surface area (Å²) in [6, 6.07) is 9.81. The zero-order valence-electron chi connectivity index (χ0n) is 15.5. The highest BCUT2D eigenvalue weighted by Crippen LogP contribution is 2.24. The summed E-state index contributed by atoms with van der Waals surface area (Å²) in [5.74, 6) is 0.813. The van der Waals surface area contributed by atoms with Crippen molar-refractivity contribution in [2.75, 3.05) is 19.0 Å². The maximum absolute atomic E-state index is 5.23. The molecule has 0 aliphatic carbocycles. The summed E-state index contributed by atoms with van der Waals surface area (Å²) in [7, 11) is 1.65. The summed E-state index contributed by atoms with van der Waals surface area (Å²) >= 11 is 0. The summed E-state index contributed by atoms with van der Waals surface area (Å²) in [5.41, 5.74) is 5.66. The first-order chi connectivity index (χ1) is 13.2. The highest BCUT2D eigenvalue weighted by molar-refractivity contribution is 5.73. The smallest absolute Gasteiger partial charge is 0.200 e. The van der Waals surface area contributed by atoms with Crippen molar-refractivity contribution < 1.29 is 4.74 Å². The Hall–Kier alpha value is -3.42. The zero-order valence-corrected chi connectivity index (χ0v) is 15.5. The zero-order chi connectivity index (χ0) is 18.8. The maximum Gasteiger partial charge on any atom is 0.200 e. The molecule has 1 aromatic carbocycles. The SMILES string of the molecule is COc1ccc(-c2cc(NCCn3cnc(C)c3C)c3nncn3n2)cc1. The van der Waals surface area contributed by atoms with E-state index in [2.05, 4.69) is 37.1 Å². The van der Waals surface area contributed by atoms with Crippen LogP contribution in [0.1, 0.15) is 11.4 Å². The minimum Gasteiger partial charge on any atom is -0.497 e. The van der Waals surface area contributed by atoms with E-state index in [1.54, 1.807) is 18.0 Å². The Morgan fingerprint density at radius 1 is 1.11 bits per heavy atom. The van der Waals surface area contributed by atoms with Crippen LogP contribution < -0.4 is 10.1 Å². The van der Waals surface area contributed by atoms with Crippen molar-refractivity contribution in [3.8, 4) is 17.0 Å². The monoisotopic (exact) mass is 363 g/mol. The van der Waals surface area contributed by atoms with Crippen LogP contribution in [-0.2, 0) is 6.54 Å². The van der Waals surface area contributed by atoms with Gasteiger partial charge in [0.05, 0.1) is 30.5 Å².